The smallest absolute Gasteiger partial charge is 0.276 e. The summed E-state index contributed by atoms with van der Waals surface area (Å²) in [5.74, 6) is 1.75. The Bertz CT molecular complexity index is 893. The Balaban J connectivity index is 1.45. The van der Waals surface area contributed by atoms with Crippen LogP contribution in [-0.4, -0.2) is 39.6 Å². The van der Waals surface area contributed by atoms with Crippen molar-refractivity contribution in [3.63, 3.8) is 0 Å². The standard InChI is InChI=1S/C19H18N4O3/c1-25-15-7-5-13(6-8-15)11-23-12-14(10-17(23)24)18-21-19(26-22-18)16-4-2-3-9-20-16/h2-9,14H,10-12H2,1H3. The van der Waals surface area contributed by atoms with E-state index in [1.165, 1.54) is 0 Å². The second kappa shape index (κ2) is 6.95. The molecule has 26 heavy (non-hydrogen) atoms. The number of ether oxygens (including phenoxy) is 1. The molecule has 1 aromatic carbocycles. The van der Waals surface area contributed by atoms with Crippen LogP contribution in [0.1, 0.15) is 23.7 Å². The first kappa shape index (κ1) is 16.3. The third-order valence-electron chi connectivity index (χ3n) is 4.44. The summed E-state index contributed by atoms with van der Waals surface area (Å²) in [6.07, 6.45) is 2.06. The van der Waals surface area contributed by atoms with E-state index in [0.717, 1.165) is 11.3 Å². The second-order valence-electron chi connectivity index (χ2n) is 6.20. The van der Waals surface area contributed by atoms with Crippen LogP contribution in [-0.2, 0) is 11.3 Å². The summed E-state index contributed by atoms with van der Waals surface area (Å²) < 4.78 is 10.5. The molecule has 1 amide bonds. The number of methoxy groups -OCH3 is 1. The van der Waals surface area contributed by atoms with Crippen LogP contribution in [0.5, 0.6) is 5.75 Å². The van der Waals surface area contributed by atoms with Gasteiger partial charge in [0.15, 0.2) is 5.82 Å². The summed E-state index contributed by atoms with van der Waals surface area (Å²) >= 11 is 0. The average molecular weight is 350 g/mol. The van der Waals surface area contributed by atoms with Crippen LogP contribution in [0.15, 0.2) is 53.2 Å². The second-order valence-corrected chi connectivity index (χ2v) is 6.20. The van der Waals surface area contributed by atoms with Gasteiger partial charge in [0, 0.05) is 31.6 Å². The number of hydrogen-bond acceptors (Lipinski definition) is 6. The Morgan fingerprint density at radius 1 is 1.23 bits per heavy atom. The van der Waals surface area contributed by atoms with Gasteiger partial charge in [-0.1, -0.05) is 23.4 Å². The Labute approximate surface area is 150 Å². The van der Waals surface area contributed by atoms with Gasteiger partial charge in [0.25, 0.3) is 5.89 Å². The maximum absolute atomic E-state index is 12.4. The van der Waals surface area contributed by atoms with Crippen LogP contribution in [0, 0.1) is 0 Å². The predicted molar refractivity (Wildman–Crippen MR) is 93.3 cm³/mol. The minimum Gasteiger partial charge on any atom is -0.497 e. The zero-order valence-electron chi connectivity index (χ0n) is 14.3. The van der Waals surface area contributed by atoms with Gasteiger partial charge in [-0.15, -0.1) is 0 Å². The van der Waals surface area contributed by atoms with Gasteiger partial charge in [0.1, 0.15) is 11.4 Å². The molecule has 1 saturated heterocycles. The first-order valence-electron chi connectivity index (χ1n) is 8.38. The lowest BCUT2D eigenvalue weighted by Crippen LogP contribution is -2.24. The molecule has 1 atom stereocenters. The molecule has 1 aliphatic rings. The molecule has 0 N–H and O–H groups in total. The Hall–Kier alpha value is -3.22. The number of rotatable bonds is 5. The van der Waals surface area contributed by atoms with Crippen molar-refractivity contribution in [1.29, 1.82) is 0 Å². The summed E-state index contributed by atoms with van der Waals surface area (Å²) in [6.45, 7) is 1.14. The van der Waals surface area contributed by atoms with E-state index >= 15 is 0 Å². The number of carbonyl (C=O) groups is 1. The topological polar surface area (TPSA) is 81.3 Å². The molecule has 7 nitrogen and oxygen atoms in total. The molecular formula is C19H18N4O3. The first-order valence-corrected chi connectivity index (χ1v) is 8.38. The van der Waals surface area contributed by atoms with Gasteiger partial charge in [-0.05, 0) is 29.8 Å². The normalized spacial score (nSPS) is 16.9. The van der Waals surface area contributed by atoms with E-state index in [9.17, 15) is 4.79 Å². The van der Waals surface area contributed by atoms with Gasteiger partial charge < -0.3 is 14.2 Å². The maximum Gasteiger partial charge on any atom is 0.276 e. The fourth-order valence-corrected chi connectivity index (χ4v) is 3.04. The summed E-state index contributed by atoms with van der Waals surface area (Å²) in [5.41, 5.74) is 1.69. The van der Waals surface area contributed by atoms with Crippen molar-refractivity contribution in [3.05, 3.63) is 60.0 Å². The number of likely N-dealkylation sites (tertiary alicyclic amines) is 1. The number of carbonyl (C=O) groups excluding carboxylic acids is 1. The molecule has 3 aromatic rings. The molecule has 7 heteroatoms. The van der Waals surface area contributed by atoms with E-state index in [1.807, 2.05) is 47.4 Å². The lowest BCUT2D eigenvalue weighted by Gasteiger charge is -2.16. The van der Waals surface area contributed by atoms with Crippen LogP contribution in [0.4, 0.5) is 0 Å². The zero-order chi connectivity index (χ0) is 17.9. The minimum atomic E-state index is -0.0676. The molecule has 0 radical (unpaired) electrons. The molecule has 1 unspecified atom stereocenters. The quantitative estimate of drug-likeness (QED) is 0.704. The van der Waals surface area contributed by atoms with Crippen molar-refractivity contribution in [1.82, 2.24) is 20.0 Å². The van der Waals surface area contributed by atoms with Gasteiger partial charge in [0.2, 0.25) is 5.91 Å². The highest BCUT2D eigenvalue weighted by molar-refractivity contribution is 5.79. The number of aromatic nitrogens is 3. The highest BCUT2D eigenvalue weighted by atomic mass is 16.5. The zero-order valence-corrected chi connectivity index (χ0v) is 14.3. The van der Waals surface area contributed by atoms with Gasteiger partial charge >= 0.3 is 0 Å². The molecule has 0 saturated carbocycles. The fourth-order valence-electron chi connectivity index (χ4n) is 3.04. The van der Waals surface area contributed by atoms with Crippen LogP contribution in [0.2, 0.25) is 0 Å². The number of hydrogen-bond donors (Lipinski definition) is 0. The van der Waals surface area contributed by atoms with Crippen molar-refractivity contribution < 1.29 is 14.1 Å². The van der Waals surface area contributed by atoms with Crippen LogP contribution in [0.25, 0.3) is 11.6 Å². The molecule has 0 bridgehead atoms. The molecule has 1 fully saturated rings. The summed E-state index contributed by atoms with van der Waals surface area (Å²) in [4.78, 5) is 22.8. The molecular weight excluding hydrogens is 332 g/mol. The minimum absolute atomic E-state index is 0.0676. The van der Waals surface area contributed by atoms with E-state index in [-0.39, 0.29) is 11.8 Å². The highest BCUT2D eigenvalue weighted by Crippen LogP contribution is 2.29. The molecule has 2 aromatic heterocycles. The molecule has 0 aliphatic carbocycles. The number of nitrogens with zero attached hydrogens (tertiary/aromatic N) is 4. The van der Waals surface area contributed by atoms with Crippen molar-refractivity contribution in [2.75, 3.05) is 13.7 Å². The third kappa shape index (κ3) is 3.28. The molecule has 3 heterocycles. The average Bonchev–Trinajstić information content (AvgIpc) is 3.31. The number of amides is 1. The van der Waals surface area contributed by atoms with Crippen LogP contribution < -0.4 is 4.74 Å². The summed E-state index contributed by atoms with van der Waals surface area (Å²) in [7, 11) is 1.63. The van der Waals surface area contributed by atoms with Gasteiger partial charge in [-0.2, -0.15) is 4.98 Å². The number of benzene rings is 1. The van der Waals surface area contributed by atoms with Gasteiger partial charge in [-0.25, -0.2) is 0 Å². The Morgan fingerprint density at radius 3 is 2.81 bits per heavy atom. The SMILES string of the molecule is COc1ccc(CN2CC(c3noc(-c4ccccn4)n3)CC2=O)cc1. The maximum atomic E-state index is 12.4. The Kier molecular flexibility index (Phi) is 4.35. The van der Waals surface area contributed by atoms with Gasteiger partial charge in [0.05, 0.1) is 7.11 Å². The lowest BCUT2D eigenvalue weighted by atomic mass is 10.1. The molecule has 0 spiro atoms. The Morgan fingerprint density at radius 2 is 2.08 bits per heavy atom. The van der Waals surface area contributed by atoms with E-state index in [1.54, 1.807) is 13.3 Å². The highest BCUT2D eigenvalue weighted by Gasteiger charge is 2.33. The molecule has 132 valence electrons. The van der Waals surface area contributed by atoms with Crippen molar-refractivity contribution in [2.45, 2.75) is 18.9 Å². The summed E-state index contributed by atoms with van der Waals surface area (Å²) in [6, 6.07) is 13.2. The first-order chi connectivity index (χ1) is 12.7. The predicted octanol–water partition coefficient (Wildman–Crippen LogP) is 2.66. The fraction of sp³-hybridized carbons (Fsp3) is 0.263. The largest absolute Gasteiger partial charge is 0.497 e. The van der Waals surface area contributed by atoms with Crippen molar-refractivity contribution in [3.8, 4) is 17.3 Å². The number of pyridine rings is 1. The van der Waals surface area contributed by atoms with E-state index in [0.29, 0.717) is 36.9 Å². The molecule has 4 rings (SSSR count). The van der Waals surface area contributed by atoms with E-state index < -0.39 is 0 Å². The lowest BCUT2D eigenvalue weighted by molar-refractivity contribution is -0.128. The molecule has 1 aliphatic heterocycles. The third-order valence-corrected chi connectivity index (χ3v) is 4.44. The summed E-state index contributed by atoms with van der Waals surface area (Å²) in [5, 5.41) is 4.05. The van der Waals surface area contributed by atoms with Gasteiger partial charge in [-0.3, -0.25) is 9.78 Å². The van der Waals surface area contributed by atoms with Crippen molar-refractivity contribution >= 4 is 5.91 Å². The van der Waals surface area contributed by atoms with Crippen molar-refractivity contribution in [2.24, 2.45) is 0 Å². The van der Waals surface area contributed by atoms with Crippen LogP contribution >= 0.6 is 0 Å². The monoisotopic (exact) mass is 350 g/mol. The van der Waals surface area contributed by atoms with E-state index in [2.05, 4.69) is 15.1 Å². The van der Waals surface area contributed by atoms with Crippen LogP contribution in [0.3, 0.4) is 0 Å². The van der Waals surface area contributed by atoms with E-state index in [4.69, 9.17) is 9.26 Å².